The zero-order valence-electron chi connectivity index (χ0n) is 12.6. The molecule has 1 heterocycles. The van der Waals surface area contributed by atoms with E-state index in [1.807, 2.05) is 12.1 Å². The van der Waals surface area contributed by atoms with E-state index < -0.39 is 0 Å². The van der Waals surface area contributed by atoms with Gasteiger partial charge in [0.05, 0.1) is 14.2 Å². The number of nitrogens with zero attached hydrogens (tertiary/aromatic N) is 2. The van der Waals surface area contributed by atoms with Crippen LogP contribution in [0, 0.1) is 5.92 Å². The van der Waals surface area contributed by atoms with E-state index in [4.69, 9.17) is 20.4 Å². The summed E-state index contributed by atoms with van der Waals surface area (Å²) in [5, 5.41) is 11.8. The van der Waals surface area contributed by atoms with E-state index in [1.54, 1.807) is 14.2 Å². The molecule has 0 amide bonds. The second-order valence-electron chi connectivity index (χ2n) is 5.26. The van der Waals surface area contributed by atoms with Crippen molar-refractivity contribution >= 4 is 5.84 Å². The van der Waals surface area contributed by atoms with Gasteiger partial charge in [-0.15, -0.1) is 0 Å². The second-order valence-corrected chi connectivity index (χ2v) is 5.26. The summed E-state index contributed by atoms with van der Waals surface area (Å²) in [6, 6.07) is 5.99. The highest BCUT2D eigenvalue weighted by Crippen LogP contribution is 2.28. The summed E-state index contributed by atoms with van der Waals surface area (Å²) in [5.41, 5.74) is 6.86. The van der Waals surface area contributed by atoms with Crippen molar-refractivity contribution in [3.63, 3.8) is 0 Å². The van der Waals surface area contributed by atoms with E-state index in [0.717, 1.165) is 44.0 Å². The van der Waals surface area contributed by atoms with Gasteiger partial charge in [-0.2, -0.15) is 0 Å². The first-order valence-corrected chi connectivity index (χ1v) is 7.08. The quantitative estimate of drug-likeness (QED) is 0.373. The molecule has 1 aliphatic heterocycles. The van der Waals surface area contributed by atoms with Gasteiger partial charge in [0.15, 0.2) is 11.5 Å². The molecule has 0 aromatic heterocycles. The Morgan fingerprint density at radius 3 is 2.52 bits per heavy atom. The maximum atomic E-state index is 8.72. The normalized spacial score (nSPS) is 17.7. The third kappa shape index (κ3) is 3.78. The number of methoxy groups -OCH3 is 2. The summed E-state index contributed by atoms with van der Waals surface area (Å²) >= 11 is 0. The van der Waals surface area contributed by atoms with E-state index in [2.05, 4.69) is 16.1 Å². The van der Waals surface area contributed by atoms with Crippen LogP contribution in [0.2, 0.25) is 0 Å². The van der Waals surface area contributed by atoms with Gasteiger partial charge in [-0.05, 0) is 43.6 Å². The minimum atomic E-state index is 0.191. The van der Waals surface area contributed by atoms with Crippen LogP contribution in [0.1, 0.15) is 18.4 Å². The maximum absolute atomic E-state index is 8.72. The van der Waals surface area contributed by atoms with Gasteiger partial charge >= 0.3 is 0 Å². The van der Waals surface area contributed by atoms with Gasteiger partial charge in [-0.25, -0.2) is 0 Å². The number of hydrogen-bond donors (Lipinski definition) is 2. The molecule has 21 heavy (non-hydrogen) atoms. The maximum Gasteiger partial charge on any atom is 0.161 e. The highest BCUT2D eigenvalue weighted by atomic mass is 16.5. The van der Waals surface area contributed by atoms with E-state index in [-0.39, 0.29) is 5.92 Å². The van der Waals surface area contributed by atoms with E-state index in [0.29, 0.717) is 5.84 Å². The Morgan fingerprint density at radius 1 is 1.29 bits per heavy atom. The lowest BCUT2D eigenvalue weighted by atomic mass is 9.95. The standard InChI is InChI=1S/C15H23N3O3/c1-20-13-4-3-11(9-14(13)21-2)10-18-7-5-12(6-8-18)15(16)17-19/h3-4,9,12,19H,5-8,10H2,1-2H3,(H2,16,17). The molecule has 0 radical (unpaired) electrons. The molecule has 0 unspecified atom stereocenters. The zero-order chi connectivity index (χ0) is 15.2. The molecule has 1 saturated heterocycles. The predicted molar refractivity (Wildman–Crippen MR) is 81.0 cm³/mol. The summed E-state index contributed by atoms with van der Waals surface area (Å²) in [6.45, 7) is 2.74. The lowest BCUT2D eigenvalue weighted by Gasteiger charge is -2.31. The van der Waals surface area contributed by atoms with Crippen LogP contribution < -0.4 is 15.2 Å². The van der Waals surface area contributed by atoms with Crippen molar-refractivity contribution in [3.8, 4) is 11.5 Å². The molecule has 2 rings (SSSR count). The minimum absolute atomic E-state index is 0.191. The SMILES string of the molecule is COc1ccc(CN2CCC(C(N)=NO)CC2)cc1OC. The van der Waals surface area contributed by atoms with Crippen molar-refractivity contribution in [1.82, 2.24) is 4.90 Å². The average Bonchev–Trinajstić information content (AvgIpc) is 2.54. The monoisotopic (exact) mass is 293 g/mol. The number of rotatable bonds is 5. The number of likely N-dealkylation sites (tertiary alicyclic amines) is 1. The van der Waals surface area contributed by atoms with Crippen LogP contribution in [0.15, 0.2) is 23.4 Å². The molecule has 0 aliphatic carbocycles. The topological polar surface area (TPSA) is 80.3 Å². The van der Waals surface area contributed by atoms with Crippen LogP contribution in [-0.4, -0.2) is 43.3 Å². The number of ether oxygens (including phenoxy) is 2. The van der Waals surface area contributed by atoms with Crippen molar-refractivity contribution in [2.45, 2.75) is 19.4 Å². The van der Waals surface area contributed by atoms with E-state index in [1.165, 1.54) is 5.56 Å². The largest absolute Gasteiger partial charge is 0.493 e. The molecule has 0 spiro atoms. The Hall–Kier alpha value is -1.95. The third-order valence-electron chi connectivity index (χ3n) is 3.98. The number of amidine groups is 1. The first-order valence-electron chi connectivity index (χ1n) is 7.08. The molecule has 0 saturated carbocycles. The minimum Gasteiger partial charge on any atom is -0.493 e. The summed E-state index contributed by atoms with van der Waals surface area (Å²) < 4.78 is 10.6. The molecule has 1 aromatic rings. The highest BCUT2D eigenvalue weighted by molar-refractivity contribution is 5.82. The first-order chi connectivity index (χ1) is 10.2. The second kappa shape index (κ2) is 7.17. The smallest absolute Gasteiger partial charge is 0.161 e. The number of benzene rings is 1. The fraction of sp³-hybridized carbons (Fsp3) is 0.533. The van der Waals surface area contributed by atoms with Crippen molar-refractivity contribution in [1.29, 1.82) is 0 Å². The van der Waals surface area contributed by atoms with Crippen LogP contribution in [0.3, 0.4) is 0 Å². The van der Waals surface area contributed by atoms with Gasteiger partial charge in [0, 0.05) is 12.5 Å². The molecule has 0 bridgehead atoms. The Morgan fingerprint density at radius 2 is 1.95 bits per heavy atom. The third-order valence-corrected chi connectivity index (χ3v) is 3.98. The lowest BCUT2D eigenvalue weighted by molar-refractivity contribution is 0.198. The molecule has 0 atom stereocenters. The average molecular weight is 293 g/mol. The van der Waals surface area contributed by atoms with Crippen molar-refractivity contribution in [2.75, 3.05) is 27.3 Å². The van der Waals surface area contributed by atoms with E-state index >= 15 is 0 Å². The van der Waals surface area contributed by atoms with Crippen LogP contribution in [0.4, 0.5) is 0 Å². The van der Waals surface area contributed by atoms with Gasteiger partial charge in [0.2, 0.25) is 0 Å². The molecule has 3 N–H and O–H groups in total. The Bertz CT molecular complexity index is 497. The zero-order valence-corrected chi connectivity index (χ0v) is 12.6. The molecule has 116 valence electrons. The van der Waals surface area contributed by atoms with Crippen LogP contribution in [-0.2, 0) is 6.54 Å². The number of nitrogens with two attached hydrogens (primary N) is 1. The number of oxime groups is 1. The van der Waals surface area contributed by atoms with Crippen LogP contribution in [0.5, 0.6) is 11.5 Å². The van der Waals surface area contributed by atoms with E-state index in [9.17, 15) is 0 Å². The van der Waals surface area contributed by atoms with Gasteiger partial charge < -0.3 is 20.4 Å². The van der Waals surface area contributed by atoms with Crippen molar-refractivity contribution in [2.24, 2.45) is 16.8 Å². The van der Waals surface area contributed by atoms with Crippen molar-refractivity contribution < 1.29 is 14.7 Å². The number of hydrogen-bond acceptors (Lipinski definition) is 5. The van der Waals surface area contributed by atoms with Gasteiger partial charge in [0.25, 0.3) is 0 Å². The molecule has 1 fully saturated rings. The summed E-state index contributed by atoms with van der Waals surface area (Å²) in [4.78, 5) is 2.36. The predicted octanol–water partition coefficient (Wildman–Crippen LogP) is 1.66. The molecule has 6 nitrogen and oxygen atoms in total. The van der Waals surface area contributed by atoms with Crippen molar-refractivity contribution in [3.05, 3.63) is 23.8 Å². The van der Waals surface area contributed by atoms with Gasteiger partial charge in [-0.3, -0.25) is 4.90 Å². The van der Waals surface area contributed by atoms with Gasteiger partial charge in [0.1, 0.15) is 5.84 Å². The fourth-order valence-electron chi connectivity index (χ4n) is 2.71. The van der Waals surface area contributed by atoms with Crippen LogP contribution in [0.25, 0.3) is 0 Å². The fourth-order valence-corrected chi connectivity index (χ4v) is 2.71. The molecule has 6 heteroatoms. The lowest BCUT2D eigenvalue weighted by Crippen LogP contribution is -2.38. The summed E-state index contributed by atoms with van der Waals surface area (Å²) in [5.74, 6) is 2.03. The number of piperidine rings is 1. The Balaban J connectivity index is 1.94. The first kappa shape index (κ1) is 15.4. The molecule has 1 aromatic carbocycles. The molecular formula is C15H23N3O3. The Kier molecular flexibility index (Phi) is 5.27. The molecular weight excluding hydrogens is 270 g/mol. The summed E-state index contributed by atoms with van der Waals surface area (Å²) in [7, 11) is 3.28. The van der Waals surface area contributed by atoms with Crippen LogP contribution >= 0.6 is 0 Å². The van der Waals surface area contributed by atoms with Gasteiger partial charge in [-0.1, -0.05) is 11.2 Å². The Labute approximate surface area is 125 Å². The highest BCUT2D eigenvalue weighted by Gasteiger charge is 2.22. The molecule has 1 aliphatic rings. The summed E-state index contributed by atoms with van der Waals surface area (Å²) in [6.07, 6.45) is 1.84.